The lowest BCUT2D eigenvalue weighted by Crippen LogP contribution is -2.34. The van der Waals surface area contributed by atoms with Crippen molar-refractivity contribution < 1.29 is 14.3 Å². The first-order chi connectivity index (χ1) is 13.8. The van der Waals surface area contributed by atoms with Crippen LogP contribution in [0.1, 0.15) is 56.0 Å². The first-order valence-electron chi connectivity index (χ1n) is 9.22. The molecule has 154 valence electrons. The number of ether oxygens (including phenoxy) is 1. The molecule has 1 aliphatic rings. The molecule has 0 radical (unpaired) electrons. The number of nitrogens with one attached hydrogen (secondary N) is 2. The van der Waals surface area contributed by atoms with Gasteiger partial charge < -0.3 is 15.8 Å². The smallest absolute Gasteiger partial charge is 0.261 e. The number of thiocarbonyl (C=S) groups is 1. The number of rotatable bonds is 4. The van der Waals surface area contributed by atoms with Crippen LogP contribution in [0.2, 0.25) is 0 Å². The van der Waals surface area contributed by atoms with E-state index in [1.807, 2.05) is 13.0 Å². The average molecular weight is 496 g/mol. The van der Waals surface area contributed by atoms with Crippen molar-refractivity contribution in [3.63, 3.8) is 0 Å². The molecule has 0 spiro atoms. The molecule has 3 rings (SSSR count). The zero-order chi connectivity index (χ0) is 21.1. The highest BCUT2D eigenvalue weighted by atomic mass is 79.9. The van der Waals surface area contributed by atoms with Gasteiger partial charge in [-0.25, -0.2) is 0 Å². The fourth-order valence-electron chi connectivity index (χ4n) is 3.57. The second-order valence-electron chi connectivity index (χ2n) is 6.84. The van der Waals surface area contributed by atoms with Crippen LogP contribution >= 0.6 is 39.5 Å². The summed E-state index contributed by atoms with van der Waals surface area (Å²) in [6.45, 7) is 1.86. The second-order valence-corrected chi connectivity index (χ2v) is 9.27. The molecule has 6 nitrogen and oxygen atoms in total. The summed E-state index contributed by atoms with van der Waals surface area (Å²) >= 11 is 10.2. The van der Waals surface area contributed by atoms with Crippen molar-refractivity contribution in [2.45, 2.75) is 39.0 Å². The maximum absolute atomic E-state index is 12.8. The number of amides is 2. The molecule has 0 atom stereocenters. The number of aryl methyl sites for hydroxylation is 2. The predicted molar refractivity (Wildman–Crippen MR) is 123 cm³/mol. The van der Waals surface area contributed by atoms with Crippen molar-refractivity contribution in [3.8, 4) is 5.75 Å². The van der Waals surface area contributed by atoms with Crippen molar-refractivity contribution in [2.75, 3.05) is 12.4 Å². The first-order valence-corrected chi connectivity index (χ1v) is 11.2. The van der Waals surface area contributed by atoms with E-state index in [2.05, 4.69) is 26.6 Å². The minimum Gasteiger partial charge on any atom is -0.496 e. The van der Waals surface area contributed by atoms with E-state index in [1.165, 1.54) is 18.4 Å². The Kier molecular flexibility index (Phi) is 6.92. The first kappa shape index (κ1) is 21.7. The molecule has 2 aromatic rings. The Bertz CT molecular complexity index is 988. The van der Waals surface area contributed by atoms with Crippen LogP contribution in [-0.4, -0.2) is 24.0 Å². The molecule has 1 aromatic carbocycles. The topological polar surface area (TPSA) is 93.4 Å². The Hall–Kier alpha value is -1.97. The number of benzene rings is 1. The fourth-order valence-corrected chi connectivity index (χ4v) is 5.70. The number of carbonyl (C=O) groups is 2. The molecule has 9 heteroatoms. The summed E-state index contributed by atoms with van der Waals surface area (Å²) in [5.41, 5.74) is 8.33. The van der Waals surface area contributed by atoms with Crippen molar-refractivity contribution >= 4 is 61.4 Å². The van der Waals surface area contributed by atoms with Gasteiger partial charge in [-0.2, -0.15) is 0 Å². The van der Waals surface area contributed by atoms with Gasteiger partial charge in [0.25, 0.3) is 11.8 Å². The number of anilines is 1. The van der Waals surface area contributed by atoms with E-state index in [0.717, 1.165) is 52.6 Å². The SMILES string of the molecule is COc1c(C)cc(Br)cc1C(=O)NC(=S)Nc1sc2c(c1C(N)=O)CCCCC2. The average Bonchev–Trinajstić information content (AvgIpc) is 2.81. The van der Waals surface area contributed by atoms with E-state index in [1.54, 1.807) is 6.07 Å². The largest absolute Gasteiger partial charge is 0.496 e. The van der Waals surface area contributed by atoms with E-state index in [0.29, 0.717) is 21.9 Å². The van der Waals surface area contributed by atoms with Crippen molar-refractivity contribution in [1.29, 1.82) is 0 Å². The Morgan fingerprint density at radius 1 is 1.24 bits per heavy atom. The number of fused-ring (bicyclic) bond motifs is 1. The van der Waals surface area contributed by atoms with Crippen molar-refractivity contribution in [2.24, 2.45) is 5.73 Å². The molecular weight excluding hydrogens is 474 g/mol. The zero-order valence-electron chi connectivity index (χ0n) is 16.2. The lowest BCUT2D eigenvalue weighted by Gasteiger charge is -2.14. The van der Waals surface area contributed by atoms with Crippen LogP contribution in [0.4, 0.5) is 5.00 Å². The summed E-state index contributed by atoms with van der Waals surface area (Å²) in [5.74, 6) is -0.401. The maximum atomic E-state index is 12.8. The van der Waals surface area contributed by atoms with E-state index >= 15 is 0 Å². The van der Waals surface area contributed by atoms with Crippen LogP contribution in [0.5, 0.6) is 5.75 Å². The minimum absolute atomic E-state index is 0.105. The van der Waals surface area contributed by atoms with Crippen LogP contribution in [-0.2, 0) is 12.8 Å². The van der Waals surface area contributed by atoms with Gasteiger partial charge in [-0.1, -0.05) is 22.4 Å². The quantitative estimate of drug-likeness (QED) is 0.433. The van der Waals surface area contributed by atoms with Gasteiger partial charge in [-0.05, 0) is 68.1 Å². The molecule has 1 aliphatic carbocycles. The minimum atomic E-state index is -0.481. The van der Waals surface area contributed by atoms with E-state index in [-0.39, 0.29) is 5.11 Å². The molecule has 0 unspecified atom stereocenters. The molecule has 0 bridgehead atoms. The summed E-state index contributed by atoms with van der Waals surface area (Å²) in [6, 6.07) is 3.54. The van der Waals surface area contributed by atoms with Gasteiger partial charge in [0.15, 0.2) is 5.11 Å². The lowest BCUT2D eigenvalue weighted by atomic mass is 10.1. The highest BCUT2D eigenvalue weighted by Crippen LogP contribution is 2.37. The van der Waals surface area contributed by atoms with Gasteiger partial charge >= 0.3 is 0 Å². The van der Waals surface area contributed by atoms with Crippen molar-refractivity contribution in [1.82, 2.24) is 5.32 Å². The van der Waals surface area contributed by atoms with Crippen LogP contribution in [0.15, 0.2) is 16.6 Å². The lowest BCUT2D eigenvalue weighted by molar-refractivity contribution is 0.0972. The van der Waals surface area contributed by atoms with Gasteiger partial charge in [0, 0.05) is 9.35 Å². The molecule has 0 saturated heterocycles. The summed E-state index contributed by atoms with van der Waals surface area (Å²) < 4.78 is 6.13. The Morgan fingerprint density at radius 2 is 1.97 bits per heavy atom. The summed E-state index contributed by atoms with van der Waals surface area (Å²) in [5, 5.41) is 6.36. The molecule has 2 amide bonds. The Labute approximate surface area is 187 Å². The number of nitrogens with two attached hydrogens (primary N) is 1. The van der Waals surface area contributed by atoms with E-state index in [4.69, 9.17) is 22.7 Å². The van der Waals surface area contributed by atoms with Gasteiger partial charge in [0.1, 0.15) is 10.8 Å². The summed E-state index contributed by atoms with van der Waals surface area (Å²) in [6.07, 6.45) is 5.03. The highest BCUT2D eigenvalue weighted by molar-refractivity contribution is 9.10. The van der Waals surface area contributed by atoms with Gasteiger partial charge in [0.2, 0.25) is 0 Å². The van der Waals surface area contributed by atoms with Crippen molar-refractivity contribution in [3.05, 3.63) is 43.7 Å². The molecule has 1 heterocycles. The number of methoxy groups -OCH3 is 1. The third-order valence-corrected chi connectivity index (χ3v) is 6.68. The van der Waals surface area contributed by atoms with E-state index < -0.39 is 11.8 Å². The van der Waals surface area contributed by atoms with Crippen LogP contribution in [0.3, 0.4) is 0 Å². The molecule has 0 saturated carbocycles. The van der Waals surface area contributed by atoms with Crippen LogP contribution in [0, 0.1) is 6.92 Å². The standard InChI is InChI=1S/C20H22BrN3O3S2/c1-10-8-11(21)9-13(16(10)27-2)18(26)23-20(28)24-19-15(17(22)25)12-6-4-3-5-7-14(12)29-19/h8-9H,3-7H2,1-2H3,(H2,22,25)(H2,23,24,26,28). The number of hydrogen-bond donors (Lipinski definition) is 3. The van der Waals surface area contributed by atoms with Crippen LogP contribution in [0.25, 0.3) is 0 Å². The van der Waals surface area contributed by atoms with Gasteiger partial charge in [-0.3, -0.25) is 14.9 Å². The number of carbonyl (C=O) groups excluding carboxylic acids is 2. The number of hydrogen-bond acceptors (Lipinski definition) is 5. The number of halogens is 1. The summed E-state index contributed by atoms with van der Waals surface area (Å²) in [7, 11) is 1.52. The third-order valence-electron chi connectivity index (χ3n) is 4.81. The second kappa shape index (κ2) is 9.23. The van der Waals surface area contributed by atoms with Gasteiger partial charge in [-0.15, -0.1) is 11.3 Å². The molecule has 0 aliphatic heterocycles. The van der Waals surface area contributed by atoms with E-state index in [9.17, 15) is 9.59 Å². The molecule has 1 aromatic heterocycles. The third kappa shape index (κ3) is 4.79. The number of primary amides is 1. The molecular formula is C20H22BrN3O3S2. The monoisotopic (exact) mass is 495 g/mol. The normalized spacial score (nSPS) is 13.2. The predicted octanol–water partition coefficient (Wildman–Crippen LogP) is 4.32. The summed E-state index contributed by atoms with van der Waals surface area (Å²) in [4.78, 5) is 26.0. The van der Waals surface area contributed by atoms with Crippen LogP contribution < -0.4 is 21.1 Å². The molecule has 0 fully saturated rings. The molecule has 4 N–H and O–H groups in total. The zero-order valence-corrected chi connectivity index (χ0v) is 19.4. The highest BCUT2D eigenvalue weighted by Gasteiger charge is 2.24. The Balaban J connectivity index is 1.82. The maximum Gasteiger partial charge on any atom is 0.261 e. The fraction of sp³-hybridized carbons (Fsp3) is 0.350. The Morgan fingerprint density at radius 3 is 2.66 bits per heavy atom. The molecule has 29 heavy (non-hydrogen) atoms. The number of thiophene rings is 1. The van der Waals surface area contributed by atoms with Gasteiger partial charge in [0.05, 0.1) is 18.2 Å².